The molecule has 8 nitrogen and oxygen atoms in total. The van der Waals surface area contributed by atoms with Crippen molar-refractivity contribution in [1.29, 1.82) is 0 Å². The van der Waals surface area contributed by atoms with Crippen LogP contribution in [0, 0.1) is 0 Å². The molecule has 2 amide bonds. The normalized spacial score (nSPS) is 11.9. The van der Waals surface area contributed by atoms with Crippen LogP contribution in [0.15, 0.2) is 70.0 Å². The fraction of sp³-hybridized carbons (Fsp3) is 0.130. The Kier molecular flexibility index (Phi) is 5.36. The Balaban J connectivity index is 1.67. The number of carbonyl (C=O) groups excluding carboxylic acids is 2. The molecule has 0 spiro atoms. The lowest BCUT2D eigenvalue weighted by Crippen LogP contribution is -2.46. The highest BCUT2D eigenvalue weighted by Gasteiger charge is 2.22. The topological polar surface area (TPSA) is 125 Å². The number of nitrogens with zero attached hydrogens (tertiary/aromatic N) is 1. The predicted octanol–water partition coefficient (Wildman–Crippen LogP) is 2.18. The predicted molar refractivity (Wildman–Crippen MR) is 115 cm³/mol. The van der Waals surface area contributed by atoms with Crippen molar-refractivity contribution in [2.45, 2.75) is 12.5 Å². The molecule has 0 aliphatic rings. The van der Waals surface area contributed by atoms with Crippen LogP contribution in [0.2, 0.25) is 0 Å². The van der Waals surface area contributed by atoms with Crippen LogP contribution >= 0.6 is 0 Å². The van der Waals surface area contributed by atoms with Crippen LogP contribution in [0.5, 0.6) is 5.75 Å². The number of fused-ring (bicyclic) bond motifs is 2. The van der Waals surface area contributed by atoms with E-state index in [0.29, 0.717) is 38.7 Å². The average molecular weight is 417 g/mol. The highest BCUT2D eigenvalue weighted by Crippen LogP contribution is 2.23. The summed E-state index contributed by atoms with van der Waals surface area (Å²) in [7, 11) is 1.50. The Hall–Kier alpha value is -4.20. The van der Waals surface area contributed by atoms with Crippen molar-refractivity contribution in [3.05, 3.63) is 82.3 Å². The molecule has 0 aliphatic heterocycles. The smallest absolute Gasteiger partial charge is 0.336 e. The summed E-state index contributed by atoms with van der Waals surface area (Å²) >= 11 is 0. The van der Waals surface area contributed by atoms with Crippen LogP contribution in [-0.4, -0.2) is 29.9 Å². The Labute approximate surface area is 176 Å². The molecule has 2 aromatic carbocycles. The zero-order valence-electron chi connectivity index (χ0n) is 16.6. The standard InChI is InChI=1S/C23H19N3O5/c1-30-14-6-7-15-13(11-21(27)31-20(15)12-14)10-19(22(24)28)26-23(29)17-8-9-25-18-5-3-2-4-16(17)18/h2-9,11-12,19H,10H2,1H3,(H2,24,28)(H,26,29)/t19-/m1/s1. The fourth-order valence-corrected chi connectivity index (χ4v) is 3.48. The number of primary amides is 1. The number of nitrogens with two attached hydrogens (primary N) is 1. The molecule has 2 heterocycles. The van der Waals surface area contributed by atoms with E-state index in [-0.39, 0.29) is 6.42 Å². The van der Waals surface area contributed by atoms with Crippen LogP contribution in [0.3, 0.4) is 0 Å². The van der Waals surface area contributed by atoms with E-state index >= 15 is 0 Å². The number of rotatable bonds is 6. The molecule has 0 radical (unpaired) electrons. The Morgan fingerprint density at radius 1 is 1.13 bits per heavy atom. The van der Waals surface area contributed by atoms with Crippen molar-refractivity contribution in [2.75, 3.05) is 7.11 Å². The van der Waals surface area contributed by atoms with Crippen molar-refractivity contribution >= 4 is 33.7 Å². The SMILES string of the molecule is COc1ccc2c(C[C@@H](NC(=O)c3ccnc4ccccc34)C(N)=O)cc(=O)oc2c1. The third-order valence-electron chi connectivity index (χ3n) is 5.00. The van der Waals surface area contributed by atoms with E-state index in [4.69, 9.17) is 14.9 Å². The van der Waals surface area contributed by atoms with E-state index in [2.05, 4.69) is 10.3 Å². The van der Waals surface area contributed by atoms with Gasteiger partial charge in [-0.3, -0.25) is 14.6 Å². The number of methoxy groups -OCH3 is 1. The zero-order valence-corrected chi connectivity index (χ0v) is 16.6. The summed E-state index contributed by atoms with van der Waals surface area (Å²) in [5.74, 6) is -0.657. The monoisotopic (exact) mass is 417 g/mol. The Bertz CT molecular complexity index is 1360. The summed E-state index contributed by atoms with van der Waals surface area (Å²) in [5.41, 5.74) is 6.86. The van der Waals surface area contributed by atoms with Gasteiger partial charge in [0.2, 0.25) is 5.91 Å². The third-order valence-corrected chi connectivity index (χ3v) is 5.00. The number of hydrogen-bond acceptors (Lipinski definition) is 6. The van der Waals surface area contributed by atoms with Crippen molar-refractivity contribution < 1.29 is 18.7 Å². The summed E-state index contributed by atoms with van der Waals surface area (Å²) in [4.78, 5) is 41.3. The van der Waals surface area contributed by atoms with E-state index in [1.165, 1.54) is 19.4 Å². The lowest BCUT2D eigenvalue weighted by molar-refractivity contribution is -0.119. The highest BCUT2D eigenvalue weighted by atomic mass is 16.5. The van der Waals surface area contributed by atoms with E-state index in [1.807, 2.05) is 6.07 Å². The van der Waals surface area contributed by atoms with Crippen LogP contribution in [0.1, 0.15) is 15.9 Å². The van der Waals surface area contributed by atoms with Gasteiger partial charge in [0.15, 0.2) is 0 Å². The number of amides is 2. The second-order valence-electron chi connectivity index (χ2n) is 6.96. The van der Waals surface area contributed by atoms with Gasteiger partial charge in [-0.1, -0.05) is 18.2 Å². The molecule has 0 bridgehead atoms. The lowest BCUT2D eigenvalue weighted by Gasteiger charge is -2.17. The highest BCUT2D eigenvalue weighted by molar-refractivity contribution is 6.07. The van der Waals surface area contributed by atoms with Crippen molar-refractivity contribution in [3.63, 3.8) is 0 Å². The fourth-order valence-electron chi connectivity index (χ4n) is 3.48. The molecule has 0 unspecified atom stereocenters. The molecule has 8 heteroatoms. The number of ether oxygens (including phenoxy) is 1. The van der Waals surface area contributed by atoms with Crippen molar-refractivity contribution in [1.82, 2.24) is 10.3 Å². The first-order valence-electron chi connectivity index (χ1n) is 9.51. The Morgan fingerprint density at radius 2 is 1.94 bits per heavy atom. The summed E-state index contributed by atoms with van der Waals surface area (Å²) in [6.07, 6.45) is 1.55. The van der Waals surface area contributed by atoms with Gasteiger partial charge in [0.05, 0.1) is 18.2 Å². The first-order chi connectivity index (χ1) is 15.0. The first-order valence-corrected chi connectivity index (χ1v) is 9.51. The van der Waals surface area contributed by atoms with Gasteiger partial charge in [-0.15, -0.1) is 0 Å². The minimum absolute atomic E-state index is 0.0263. The van der Waals surface area contributed by atoms with Crippen molar-refractivity contribution in [3.8, 4) is 5.75 Å². The molecule has 0 saturated carbocycles. The molecule has 3 N–H and O–H groups in total. The van der Waals surface area contributed by atoms with E-state index in [1.54, 1.807) is 42.5 Å². The van der Waals surface area contributed by atoms with Gasteiger partial charge in [-0.05, 0) is 29.8 Å². The molecular weight excluding hydrogens is 398 g/mol. The summed E-state index contributed by atoms with van der Waals surface area (Å²) in [6, 6.07) is 14.1. The summed E-state index contributed by atoms with van der Waals surface area (Å²) < 4.78 is 10.4. The number of aromatic nitrogens is 1. The Morgan fingerprint density at radius 3 is 2.71 bits per heavy atom. The maximum Gasteiger partial charge on any atom is 0.336 e. The van der Waals surface area contributed by atoms with Gasteiger partial charge in [-0.25, -0.2) is 4.79 Å². The van der Waals surface area contributed by atoms with Gasteiger partial charge < -0.3 is 20.2 Å². The first kappa shape index (κ1) is 20.1. The summed E-state index contributed by atoms with van der Waals surface area (Å²) in [6.45, 7) is 0. The van der Waals surface area contributed by atoms with E-state index < -0.39 is 23.5 Å². The minimum atomic E-state index is -1.04. The zero-order chi connectivity index (χ0) is 22.0. The third kappa shape index (κ3) is 4.09. The lowest BCUT2D eigenvalue weighted by atomic mass is 10.0. The second kappa shape index (κ2) is 8.27. The minimum Gasteiger partial charge on any atom is -0.497 e. The number of carbonyl (C=O) groups is 2. The number of para-hydroxylation sites is 1. The number of hydrogen-bond donors (Lipinski definition) is 2. The molecule has 0 aliphatic carbocycles. The van der Waals surface area contributed by atoms with Gasteiger partial charge >= 0.3 is 5.63 Å². The summed E-state index contributed by atoms with van der Waals surface area (Å²) in [5, 5.41) is 3.96. The molecule has 0 saturated heterocycles. The van der Waals surface area contributed by atoms with Crippen LogP contribution < -0.4 is 21.4 Å². The van der Waals surface area contributed by atoms with E-state index in [0.717, 1.165) is 0 Å². The molecule has 156 valence electrons. The average Bonchev–Trinajstić information content (AvgIpc) is 2.77. The van der Waals surface area contributed by atoms with Gasteiger partial charge in [-0.2, -0.15) is 0 Å². The molecule has 4 rings (SSSR count). The molecule has 0 fully saturated rings. The van der Waals surface area contributed by atoms with E-state index in [9.17, 15) is 14.4 Å². The largest absolute Gasteiger partial charge is 0.497 e. The van der Waals surface area contributed by atoms with Gasteiger partial charge in [0.25, 0.3) is 5.91 Å². The van der Waals surface area contributed by atoms with Gasteiger partial charge in [0, 0.05) is 35.5 Å². The quantitative estimate of drug-likeness (QED) is 0.463. The maximum atomic E-state index is 12.9. The number of nitrogens with one attached hydrogen (secondary N) is 1. The molecule has 31 heavy (non-hydrogen) atoms. The van der Waals surface area contributed by atoms with Crippen LogP contribution in [0.4, 0.5) is 0 Å². The molecule has 1 atom stereocenters. The van der Waals surface area contributed by atoms with Crippen LogP contribution in [0.25, 0.3) is 21.9 Å². The maximum absolute atomic E-state index is 12.9. The van der Waals surface area contributed by atoms with Crippen LogP contribution in [-0.2, 0) is 11.2 Å². The molecule has 2 aromatic heterocycles. The van der Waals surface area contributed by atoms with Gasteiger partial charge in [0.1, 0.15) is 17.4 Å². The second-order valence-corrected chi connectivity index (χ2v) is 6.96. The molecular formula is C23H19N3O5. The number of pyridine rings is 1. The van der Waals surface area contributed by atoms with Crippen molar-refractivity contribution in [2.24, 2.45) is 5.73 Å². The number of benzene rings is 2. The molecule has 4 aromatic rings.